The van der Waals surface area contributed by atoms with Gasteiger partial charge in [-0.1, -0.05) is 0 Å². The summed E-state index contributed by atoms with van der Waals surface area (Å²) in [6.45, 7) is 7.96. The molecule has 5 nitrogen and oxygen atoms in total. The van der Waals surface area contributed by atoms with E-state index in [4.69, 9.17) is 4.74 Å². The molecule has 1 aliphatic rings. The van der Waals surface area contributed by atoms with Gasteiger partial charge < -0.3 is 15.0 Å². The lowest BCUT2D eigenvalue weighted by atomic mass is 10.1. The maximum atomic E-state index is 12.6. The first-order valence-corrected chi connectivity index (χ1v) is 9.11. The molecule has 0 aliphatic carbocycles. The molecule has 1 N–H and O–H groups in total. The fraction of sp³-hybridized carbons (Fsp3) is 0.750. The number of aromatic nitrogens is 1. The van der Waals surface area contributed by atoms with Crippen LogP contribution in [-0.2, 0) is 17.5 Å². The number of ether oxygens (including phenoxy) is 1. The van der Waals surface area contributed by atoms with E-state index < -0.39 is 11.9 Å². The van der Waals surface area contributed by atoms with Crippen LogP contribution in [0.3, 0.4) is 0 Å². The van der Waals surface area contributed by atoms with Gasteiger partial charge in [0.25, 0.3) is 0 Å². The number of thiazole rings is 1. The first-order chi connectivity index (χ1) is 11.6. The minimum Gasteiger partial charge on any atom is -0.372 e. The maximum Gasteiger partial charge on any atom is 0.434 e. The highest BCUT2D eigenvalue weighted by molar-refractivity contribution is 14.0. The monoisotopic (exact) mass is 506 g/mol. The van der Waals surface area contributed by atoms with E-state index in [9.17, 15) is 13.2 Å². The molecule has 1 aromatic heterocycles. The number of rotatable bonds is 3. The van der Waals surface area contributed by atoms with E-state index in [1.807, 2.05) is 20.8 Å². The summed E-state index contributed by atoms with van der Waals surface area (Å²) < 4.78 is 43.8. The Morgan fingerprint density at radius 3 is 2.42 bits per heavy atom. The summed E-state index contributed by atoms with van der Waals surface area (Å²) in [4.78, 5) is 9.95. The van der Waals surface area contributed by atoms with Gasteiger partial charge >= 0.3 is 6.18 Å². The largest absolute Gasteiger partial charge is 0.434 e. The van der Waals surface area contributed by atoms with Gasteiger partial charge in [-0.3, -0.25) is 4.99 Å². The number of alkyl halides is 3. The predicted octanol–water partition coefficient (Wildman–Crippen LogP) is 4.13. The summed E-state index contributed by atoms with van der Waals surface area (Å²) in [5, 5.41) is 4.52. The molecule has 1 aliphatic heterocycles. The van der Waals surface area contributed by atoms with Crippen LogP contribution < -0.4 is 5.32 Å². The molecule has 1 aromatic rings. The molecular formula is C16H26F3IN4OS. The summed E-state index contributed by atoms with van der Waals surface area (Å²) in [6.07, 6.45) is -2.38. The number of aliphatic imine (C=N–C) groups is 1. The van der Waals surface area contributed by atoms with E-state index in [2.05, 4.69) is 20.2 Å². The zero-order valence-corrected chi connectivity index (χ0v) is 18.5. The maximum absolute atomic E-state index is 12.6. The third-order valence-corrected chi connectivity index (χ3v) is 4.56. The Morgan fingerprint density at radius 2 is 1.96 bits per heavy atom. The molecule has 10 heteroatoms. The first-order valence-electron chi connectivity index (χ1n) is 8.23. The minimum absolute atomic E-state index is 0. The first kappa shape index (κ1) is 23.4. The van der Waals surface area contributed by atoms with E-state index in [1.54, 1.807) is 7.05 Å². The molecule has 0 saturated carbocycles. The van der Waals surface area contributed by atoms with Crippen molar-refractivity contribution in [3.05, 3.63) is 16.1 Å². The average Bonchev–Trinajstić information content (AvgIpc) is 2.97. The Balaban J connectivity index is 0.00000338. The Hall–Kier alpha value is -0.620. The molecule has 2 heterocycles. The molecular weight excluding hydrogens is 480 g/mol. The Bertz CT molecular complexity index is 593. The van der Waals surface area contributed by atoms with Gasteiger partial charge in [0.15, 0.2) is 11.7 Å². The van der Waals surface area contributed by atoms with Crippen LogP contribution in [-0.4, -0.2) is 47.7 Å². The van der Waals surface area contributed by atoms with Crippen molar-refractivity contribution in [1.82, 2.24) is 15.2 Å². The van der Waals surface area contributed by atoms with Crippen molar-refractivity contribution in [2.45, 2.75) is 58.0 Å². The van der Waals surface area contributed by atoms with Gasteiger partial charge in [0.1, 0.15) is 5.01 Å². The number of nitrogens with zero attached hydrogens (tertiary/aromatic N) is 3. The second-order valence-electron chi connectivity index (χ2n) is 6.94. The lowest BCUT2D eigenvalue weighted by Gasteiger charge is -2.36. The van der Waals surface area contributed by atoms with Crippen LogP contribution in [0.25, 0.3) is 0 Å². The number of piperidine rings is 1. The third kappa shape index (κ3) is 7.18. The van der Waals surface area contributed by atoms with Crippen LogP contribution in [0.15, 0.2) is 10.4 Å². The van der Waals surface area contributed by atoms with Gasteiger partial charge in [0.2, 0.25) is 0 Å². The normalized spacial score (nSPS) is 17.2. The van der Waals surface area contributed by atoms with Crippen molar-refractivity contribution in [3.63, 3.8) is 0 Å². The van der Waals surface area contributed by atoms with Crippen LogP contribution in [0, 0.1) is 0 Å². The average molecular weight is 506 g/mol. The standard InChI is InChI=1S/C16H25F3N4OS.HI/c1-15(2,3)24-11-5-7-23(8-6-11)14(20-4)21-9-13-22-12(10-25-13)16(17,18)19;/h10-11H,5-9H2,1-4H3,(H,20,21);1H. The highest BCUT2D eigenvalue weighted by Crippen LogP contribution is 2.30. The van der Waals surface area contributed by atoms with E-state index in [1.165, 1.54) is 0 Å². The molecule has 0 spiro atoms. The van der Waals surface area contributed by atoms with Crippen LogP contribution in [0.1, 0.15) is 44.3 Å². The number of hydrogen-bond donors (Lipinski definition) is 1. The molecule has 1 fully saturated rings. The molecule has 0 atom stereocenters. The summed E-state index contributed by atoms with van der Waals surface area (Å²) in [7, 11) is 1.67. The van der Waals surface area contributed by atoms with Gasteiger partial charge in [-0.25, -0.2) is 4.98 Å². The van der Waals surface area contributed by atoms with Crippen molar-refractivity contribution in [2.75, 3.05) is 20.1 Å². The fourth-order valence-electron chi connectivity index (χ4n) is 2.69. The van der Waals surface area contributed by atoms with Gasteiger partial charge in [-0.15, -0.1) is 35.3 Å². The minimum atomic E-state index is -4.40. The van der Waals surface area contributed by atoms with Crippen LogP contribution in [0.5, 0.6) is 0 Å². The molecule has 0 bridgehead atoms. The number of halogens is 4. The molecule has 26 heavy (non-hydrogen) atoms. The van der Waals surface area contributed by atoms with Crippen molar-refractivity contribution >= 4 is 41.3 Å². The number of hydrogen-bond acceptors (Lipinski definition) is 4. The van der Waals surface area contributed by atoms with Gasteiger partial charge in [-0.05, 0) is 33.6 Å². The molecule has 0 radical (unpaired) electrons. The van der Waals surface area contributed by atoms with Gasteiger partial charge in [0.05, 0.1) is 18.2 Å². The second kappa shape index (κ2) is 9.54. The van der Waals surface area contributed by atoms with Crippen molar-refractivity contribution in [2.24, 2.45) is 4.99 Å². The summed E-state index contributed by atoms with van der Waals surface area (Å²) >= 11 is 0.995. The molecule has 2 rings (SSSR count). The lowest BCUT2D eigenvalue weighted by Crippen LogP contribution is -2.47. The molecule has 0 aromatic carbocycles. The van der Waals surface area contributed by atoms with E-state index in [-0.39, 0.29) is 42.2 Å². The van der Waals surface area contributed by atoms with Crippen LogP contribution in [0.4, 0.5) is 13.2 Å². The number of nitrogens with one attached hydrogen (secondary N) is 1. The summed E-state index contributed by atoms with van der Waals surface area (Å²) in [5.41, 5.74) is -1.00. The Labute approximate surface area is 173 Å². The molecule has 1 saturated heterocycles. The van der Waals surface area contributed by atoms with Crippen molar-refractivity contribution in [3.8, 4) is 0 Å². The van der Waals surface area contributed by atoms with Gasteiger partial charge in [0, 0.05) is 25.5 Å². The van der Waals surface area contributed by atoms with Gasteiger partial charge in [-0.2, -0.15) is 13.2 Å². The van der Waals surface area contributed by atoms with E-state index >= 15 is 0 Å². The van der Waals surface area contributed by atoms with Crippen LogP contribution in [0.2, 0.25) is 0 Å². The smallest absolute Gasteiger partial charge is 0.372 e. The zero-order valence-electron chi connectivity index (χ0n) is 15.4. The van der Waals surface area contributed by atoms with Crippen molar-refractivity contribution in [1.29, 1.82) is 0 Å². The quantitative estimate of drug-likeness (QED) is 0.381. The molecule has 0 amide bonds. The highest BCUT2D eigenvalue weighted by Gasteiger charge is 2.33. The van der Waals surface area contributed by atoms with Crippen molar-refractivity contribution < 1.29 is 17.9 Å². The Kier molecular flexibility index (Phi) is 8.59. The van der Waals surface area contributed by atoms with E-state index in [0.29, 0.717) is 11.0 Å². The predicted molar refractivity (Wildman–Crippen MR) is 108 cm³/mol. The zero-order chi connectivity index (χ0) is 18.7. The topological polar surface area (TPSA) is 49.8 Å². The lowest BCUT2D eigenvalue weighted by molar-refractivity contribution is -0.140. The Morgan fingerprint density at radius 1 is 1.35 bits per heavy atom. The fourth-order valence-corrected chi connectivity index (χ4v) is 3.44. The molecule has 0 unspecified atom stereocenters. The summed E-state index contributed by atoms with van der Waals surface area (Å²) in [5.74, 6) is 0.679. The van der Waals surface area contributed by atoms with Crippen LogP contribution >= 0.6 is 35.3 Å². The van der Waals surface area contributed by atoms with E-state index in [0.717, 1.165) is 42.6 Å². The highest BCUT2D eigenvalue weighted by atomic mass is 127. The SMILES string of the molecule is CN=C(NCc1nc(C(F)(F)F)cs1)N1CCC(OC(C)(C)C)CC1.I. The second-order valence-corrected chi connectivity index (χ2v) is 7.88. The number of likely N-dealkylation sites (tertiary alicyclic amines) is 1. The third-order valence-electron chi connectivity index (χ3n) is 3.71. The number of guanidine groups is 1. The summed E-state index contributed by atoms with van der Waals surface area (Å²) in [6, 6.07) is 0. The molecule has 150 valence electrons.